The summed E-state index contributed by atoms with van der Waals surface area (Å²) in [5.74, 6) is 1.56. The van der Waals surface area contributed by atoms with Crippen molar-refractivity contribution in [3.05, 3.63) is 47.5 Å². The van der Waals surface area contributed by atoms with Gasteiger partial charge in [-0.1, -0.05) is 12.1 Å². The molecule has 2 aliphatic heterocycles. The standard InChI is InChI=1S/C20H24N2O/c1-13-11-15(23-2)4-5-16(13)14-3-6-19-18(12-14)17-7-9-21-10-8-20(17)22-19/h3-6,11-12,17,20-22H,7-10H2,1-2H3/t17-,20+/m1/s1. The molecule has 2 aromatic rings. The zero-order chi connectivity index (χ0) is 15.8. The van der Waals surface area contributed by atoms with Crippen LogP contribution in [0, 0.1) is 6.92 Å². The molecule has 0 spiro atoms. The largest absolute Gasteiger partial charge is 0.497 e. The van der Waals surface area contributed by atoms with Gasteiger partial charge in [0.2, 0.25) is 0 Å². The molecular weight excluding hydrogens is 284 g/mol. The fourth-order valence-electron chi connectivity index (χ4n) is 4.04. The smallest absolute Gasteiger partial charge is 0.119 e. The molecule has 1 saturated heterocycles. The lowest BCUT2D eigenvalue weighted by molar-refractivity contribution is 0.414. The van der Waals surface area contributed by atoms with Crippen molar-refractivity contribution in [2.24, 2.45) is 0 Å². The maximum absolute atomic E-state index is 5.33. The summed E-state index contributed by atoms with van der Waals surface area (Å²) in [6, 6.07) is 13.8. The lowest BCUT2D eigenvalue weighted by Crippen LogP contribution is -2.21. The first-order chi connectivity index (χ1) is 11.3. The van der Waals surface area contributed by atoms with Gasteiger partial charge in [-0.3, -0.25) is 0 Å². The highest BCUT2D eigenvalue weighted by atomic mass is 16.5. The second kappa shape index (κ2) is 5.89. The molecule has 0 aromatic heterocycles. The van der Waals surface area contributed by atoms with Gasteiger partial charge in [-0.15, -0.1) is 0 Å². The number of benzene rings is 2. The SMILES string of the molecule is COc1ccc(-c2ccc3c(c2)[C@H]2CCNCC[C@@H]2N3)c(C)c1. The molecule has 2 heterocycles. The van der Waals surface area contributed by atoms with Crippen LogP contribution in [-0.2, 0) is 0 Å². The third-order valence-corrected chi connectivity index (χ3v) is 5.29. The minimum atomic E-state index is 0.590. The van der Waals surface area contributed by atoms with Crippen LogP contribution in [0.4, 0.5) is 5.69 Å². The van der Waals surface area contributed by atoms with Crippen molar-refractivity contribution in [3.63, 3.8) is 0 Å². The number of anilines is 1. The topological polar surface area (TPSA) is 33.3 Å². The van der Waals surface area contributed by atoms with E-state index in [1.807, 2.05) is 6.07 Å². The highest BCUT2D eigenvalue weighted by Crippen LogP contribution is 2.42. The first-order valence-corrected chi connectivity index (χ1v) is 8.52. The number of rotatable bonds is 2. The average molecular weight is 308 g/mol. The summed E-state index contributed by atoms with van der Waals surface area (Å²) in [4.78, 5) is 0. The van der Waals surface area contributed by atoms with Crippen LogP contribution in [0.3, 0.4) is 0 Å². The van der Waals surface area contributed by atoms with Gasteiger partial charge in [-0.05, 0) is 79.4 Å². The highest BCUT2D eigenvalue weighted by Gasteiger charge is 2.32. The molecule has 0 saturated carbocycles. The summed E-state index contributed by atoms with van der Waals surface area (Å²) in [5.41, 5.74) is 6.69. The third kappa shape index (κ3) is 2.59. The van der Waals surface area contributed by atoms with E-state index in [2.05, 4.69) is 47.9 Å². The highest BCUT2D eigenvalue weighted by molar-refractivity contribution is 5.73. The van der Waals surface area contributed by atoms with Crippen molar-refractivity contribution in [1.29, 1.82) is 0 Å². The fourth-order valence-corrected chi connectivity index (χ4v) is 4.04. The normalized spacial score (nSPS) is 22.7. The molecule has 2 atom stereocenters. The molecule has 3 heteroatoms. The van der Waals surface area contributed by atoms with Crippen LogP contribution in [0.25, 0.3) is 11.1 Å². The van der Waals surface area contributed by atoms with Gasteiger partial charge in [0.1, 0.15) is 5.75 Å². The molecule has 0 unspecified atom stereocenters. The van der Waals surface area contributed by atoms with Crippen LogP contribution in [-0.4, -0.2) is 26.2 Å². The van der Waals surface area contributed by atoms with Gasteiger partial charge in [0, 0.05) is 17.6 Å². The number of ether oxygens (including phenoxy) is 1. The Balaban J connectivity index is 1.72. The number of aryl methyl sites for hydroxylation is 1. The van der Waals surface area contributed by atoms with Gasteiger partial charge in [0.05, 0.1) is 7.11 Å². The summed E-state index contributed by atoms with van der Waals surface area (Å²) >= 11 is 0. The monoisotopic (exact) mass is 308 g/mol. The minimum absolute atomic E-state index is 0.590. The van der Waals surface area contributed by atoms with E-state index in [1.54, 1.807) is 7.11 Å². The van der Waals surface area contributed by atoms with E-state index in [-0.39, 0.29) is 0 Å². The van der Waals surface area contributed by atoms with Gasteiger partial charge in [0.25, 0.3) is 0 Å². The van der Waals surface area contributed by atoms with Crippen molar-refractivity contribution in [2.45, 2.75) is 31.7 Å². The summed E-state index contributed by atoms with van der Waals surface area (Å²) in [6.07, 6.45) is 2.42. The van der Waals surface area contributed by atoms with E-state index in [9.17, 15) is 0 Å². The zero-order valence-electron chi connectivity index (χ0n) is 13.9. The third-order valence-electron chi connectivity index (χ3n) is 5.29. The van der Waals surface area contributed by atoms with Crippen LogP contribution < -0.4 is 15.4 Å². The van der Waals surface area contributed by atoms with E-state index in [4.69, 9.17) is 4.74 Å². The van der Waals surface area contributed by atoms with E-state index >= 15 is 0 Å². The minimum Gasteiger partial charge on any atom is -0.497 e. The predicted molar refractivity (Wildman–Crippen MR) is 95.4 cm³/mol. The van der Waals surface area contributed by atoms with Crippen molar-refractivity contribution in [2.75, 3.05) is 25.5 Å². The molecule has 0 amide bonds. The van der Waals surface area contributed by atoms with Gasteiger partial charge in [0.15, 0.2) is 0 Å². The molecule has 2 aliphatic rings. The van der Waals surface area contributed by atoms with E-state index in [0.717, 1.165) is 18.8 Å². The first-order valence-electron chi connectivity index (χ1n) is 8.52. The molecule has 120 valence electrons. The Hall–Kier alpha value is -2.00. The predicted octanol–water partition coefficient (Wildman–Crippen LogP) is 3.93. The van der Waals surface area contributed by atoms with Crippen molar-refractivity contribution in [3.8, 4) is 16.9 Å². The van der Waals surface area contributed by atoms with Crippen LogP contribution in [0.15, 0.2) is 36.4 Å². The Kier molecular flexibility index (Phi) is 3.74. The zero-order valence-corrected chi connectivity index (χ0v) is 13.9. The van der Waals surface area contributed by atoms with Crippen molar-refractivity contribution < 1.29 is 4.74 Å². The number of fused-ring (bicyclic) bond motifs is 3. The first kappa shape index (κ1) is 14.6. The Morgan fingerprint density at radius 1 is 1.04 bits per heavy atom. The lowest BCUT2D eigenvalue weighted by Gasteiger charge is -2.16. The molecule has 0 bridgehead atoms. The Morgan fingerprint density at radius 3 is 2.74 bits per heavy atom. The maximum atomic E-state index is 5.33. The van der Waals surface area contributed by atoms with Gasteiger partial charge in [-0.25, -0.2) is 0 Å². The van der Waals surface area contributed by atoms with Crippen molar-refractivity contribution in [1.82, 2.24) is 5.32 Å². The molecule has 23 heavy (non-hydrogen) atoms. The van der Waals surface area contributed by atoms with Crippen molar-refractivity contribution >= 4 is 5.69 Å². The van der Waals surface area contributed by atoms with E-state index in [1.165, 1.54) is 40.8 Å². The molecule has 4 rings (SSSR count). The number of hydrogen-bond donors (Lipinski definition) is 2. The van der Waals surface area contributed by atoms with Gasteiger partial charge >= 0.3 is 0 Å². The average Bonchev–Trinajstić information content (AvgIpc) is 2.75. The van der Waals surface area contributed by atoms with Crippen LogP contribution >= 0.6 is 0 Å². The summed E-state index contributed by atoms with van der Waals surface area (Å²) in [6.45, 7) is 4.39. The summed E-state index contributed by atoms with van der Waals surface area (Å²) in [7, 11) is 1.72. The summed E-state index contributed by atoms with van der Waals surface area (Å²) in [5, 5.41) is 7.25. The molecule has 3 nitrogen and oxygen atoms in total. The molecule has 2 N–H and O–H groups in total. The Morgan fingerprint density at radius 2 is 1.91 bits per heavy atom. The maximum Gasteiger partial charge on any atom is 0.119 e. The fraction of sp³-hybridized carbons (Fsp3) is 0.400. The second-order valence-electron chi connectivity index (χ2n) is 6.67. The van der Waals surface area contributed by atoms with Crippen LogP contribution in [0.1, 0.15) is 29.9 Å². The Bertz CT molecular complexity index is 726. The molecule has 1 fully saturated rings. The molecule has 0 radical (unpaired) electrons. The van der Waals surface area contributed by atoms with E-state index in [0.29, 0.717) is 12.0 Å². The van der Waals surface area contributed by atoms with Crippen LogP contribution in [0.2, 0.25) is 0 Å². The number of hydrogen-bond acceptors (Lipinski definition) is 3. The van der Waals surface area contributed by atoms with E-state index < -0.39 is 0 Å². The number of methoxy groups -OCH3 is 1. The second-order valence-corrected chi connectivity index (χ2v) is 6.67. The van der Waals surface area contributed by atoms with Gasteiger partial charge < -0.3 is 15.4 Å². The quantitative estimate of drug-likeness (QED) is 0.882. The molecule has 2 aromatic carbocycles. The lowest BCUT2D eigenvalue weighted by atomic mass is 9.89. The number of nitrogens with one attached hydrogen (secondary N) is 2. The van der Waals surface area contributed by atoms with Gasteiger partial charge in [-0.2, -0.15) is 0 Å². The molecular formula is C20H24N2O. The van der Waals surface area contributed by atoms with Crippen LogP contribution in [0.5, 0.6) is 5.75 Å². The Labute approximate surface area is 138 Å². The molecule has 0 aliphatic carbocycles. The summed E-state index contributed by atoms with van der Waals surface area (Å²) < 4.78 is 5.33.